The van der Waals surface area contributed by atoms with Crippen LogP contribution in [0.25, 0.3) is 5.69 Å². The first-order chi connectivity index (χ1) is 11.5. The second-order valence-corrected chi connectivity index (χ2v) is 7.39. The Bertz CT molecular complexity index is 960. The molecule has 1 N–H and O–H groups in total. The first kappa shape index (κ1) is 16.3. The molecule has 0 spiro atoms. The number of rotatable bonds is 5. The van der Waals surface area contributed by atoms with Gasteiger partial charge in [-0.2, -0.15) is 0 Å². The summed E-state index contributed by atoms with van der Waals surface area (Å²) >= 11 is 1.02. The Morgan fingerprint density at radius 1 is 1.12 bits per heavy atom. The number of carbonyl (C=O) groups excluding carboxylic acids is 1. The van der Waals surface area contributed by atoms with Crippen LogP contribution in [0.5, 0.6) is 0 Å². The number of para-hydroxylation sites is 2. The van der Waals surface area contributed by atoms with Gasteiger partial charge in [-0.1, -0.05) is 12.1 Å². The summed E-state index contributed by atoms with van der Waals surface area (Å²) in [6.07, 6.45) is 3.63. The molecular formula is C16H14N2O4S2. The molecule has 3 rings (SSSR count). The van der Waals surface area contributed by atoms with Crippen molar-refractivity contribution in [3.05, 3.63) is 65.1 Å². The fraction of sp³-hybridized carbons (Fsp3) is 0.0625. The number of carbonyl (C=O) groups is 1. The lowest BCUT2D eigenvalue weighted by Crippen LogP contribution is -2.16. The molecule has 0 unspecified atom stereocenters. The number of esters is 1. The summed E-state index contributed by atoms with van der Waals surface area (Å²) in [6.45, 7) is 0. The van der Waals surface area contributed by atoms with Crippen LogP contribution in [0.1, 0.15) is 9.67 Å². The molecule has 2 aromatic heterocycles. The van der Waals surface area contributed by atoms with Crippen LogP contribution >= 0.6 is 11.3 Å². The van der Waals surface area contributed by atoms with Crippen molar-refractivity contribution in [2.45, 2.75) is 4.90 Å². The average Bonchev–Trinajstić information content (AvgIpc) is 3.26. The molecule has 3 aromatic rings. The number of methoxy groups -OCH3 is 1. The largest absolute Gasteiger partial charge is 0.465 e. The van der Waals surface area contributed by atoms with Crippen LogP contribution in [-0.2, 0) is 14.8 Å². The van der Waals surface area contributed by atoms with Crippen LogP contribution in [0, 0.1) is 0 Å². The van der Waals surface area contributed by atoms with Gasteiger partial charge in [0, 0.05) is 12.4 Å². The van der Waals surface area contributed by atoms with Crippen molar-refractivity contribution in [3.63, 3.8) is 0 Å². The zero-order valence-corrected chi connectivity index (χ0v) is 14.3. The van der Waals surface area contributed by atoms with E-state index in [0.29, 0.717) is 11.4 Å². The van der Waals surface area contributed by atoms with E-state index >= 15 is 0 Å². The molecule has 0 saturated heterocycles. The maximum absolute atomic E-state index is 12.7. The van der Waals surface area contributed by atoms with E-state index in [9.17, 15) is 13.2 Å². The van der Waals surface area contributed by atoms with E-state index < -0.39 is 16.0 Å². The fourth-order valence-corrected chi connectivity index (χ4v) is 4.64. The molecule has 124 valence electrons. The third kappa shape index (κ3) is 3.06. The van der Waals surface area contributed by atoms with Gasteiger partial charge >= 0.3 is 5.97 Å². The van der Waals surface area contributed by atoms with Crippen LogP contribution in [-0.4, -0.2) is 26.1 Å². The molecular weight excluding hydrogens is 348 g/mol. The number of thiophene rings is 1. The highest BCUT2D eigenvalue weighted by molar-refractivity contribution is 7.93. The Balaban J connectivity index is 2.00. The maximum Gasteiger partial charge on any atom is 0.349 e. The number of ether oxygens (including phenoxy) is 1. The van der Waals surface area contributed by atoms with Crippen LogP contribution in [0.3, 0.4) is 0 Å². The molecule has 0 saturated carbocycles. The minimum atomic E-state index is -3.92. The molecule has 0 aliphatic carbocycles. The number of aromatic nitrogens is 1. The zero-order valence-electron chi connectivity index (χ0n) is 12.7. The third-order valence-electron chi connectivity index (χ3n) is 3.32. The van der Waals surface area contributed by atoms with Gasteiger partial charge in [0.05, 0.1) is 18.5 Å². The van der Waals surface area contributed by atoms with Gasteiger partial charge in [-0.3, -0.25) is 4.72 Å². The molecule has 24 heavy (non-hydrogen) atoms. The van der Waals surface area contributed by atoms with Gasteiger partial charge in [0.15, 0.2) is 0 Å². The van der Waals surface area contributed by atoms with Crippen molar-refractivity contribution in [3.8, 4) is 5.69 Å². The van der Waals surface area contributed by atoms with Gasteiger partial charge in [-0.05, 0) is 35.7 Å². The lowest BCUT2D eigenvalue weighted by Gasteiger charge is -2.13. The number of benzene rings is 1. The van der Waals surface area contributed by atoms with Crippen LogP contribution < -0.4 is 4.72 Å². The second kappa shape index (κ2) is 6.50. The third-order valence-corrected chi connectivity index (χ3v) is 5.75. The quantitative estimate of drug-likeness (QED) is 0.708. The molecule has 0 aliphatic rings. The summed E-state index contributed by atoms with van der Waals surface area (Å²) in [5.41, 5.74) is 1.09. The Labute approximate surface area is 143 Å². The number of anilines is 1. The molecule has 1 aromatic carbocycles. The number of nitrogens with zero attached hydrogens (tertiary/aromatic N) is 1. The zero-order chi connectivity index (χ0) is 17.2. The van der Waals surface area contributed by atoms with Crippen LogP contribution in [0.15, 0.2) is 65.1 Å². The predicted octanol–water partition coefficient (Wildman–Crippen LogP) is 3.13. The number of hydrogen-bond donors (Lipinski definition) is 1. The molecule has 0 aliphatic heterocycles. The Morgan fingerprint density at radius 2 is 1.83 bits per heavy atom. The van der Waals surface area contributed by atoms with Crippen molar-refractivity contribution in [2.75, 3.05) is 11.8 Å². The topological polar surface area (TPSA) is 77.4 Å². The van der Waals surface area contributed by atoms with Crippen LogP contribution in [0.2, 0.25) is 0 Å². The highest BCUT2D eigenvalue weighted by Crippen LogP contribution is 2.27. The predicted molar refractivity (Wildman–Crippen MR) is 92.2 cm³/mol. The highest BCUT2D eigenvalue weighted by atomic mass is 32.2. The molecule has 8 heteroatoms. The van der Waals surface area contributed by atoms with E-state index in [4.69, 9.17) is 0 Å². The molecule has 0 atom stereocenters. The molecule has 0 radical (unpaired) electrons. The second-order valence-electron chi connectivity index (χ2n) is 4.82. The first-order valence-corrected chi connectivity index (χ1v) is 9.30. The highest BCUT2D eigenvalue weighted by Gasteiger charge is 2.25. The molecule has 6 nitrogen and oxygen atoms in total. The summed E-state index contributed by atoms with van der Waals surface area (Å²) in [6, 6.07) is 12.1. The van der Waals surface area contributed by atoms with Gasteiger partial charge in [-0.15, -0.1) is 11.3 Å². The summed E-state index contributed by atoms with van der Waals surface area (Å²) in [4.78, 5) is 11.7. The van der Waals surface area contributed by atoms with Gasteiger partial charge in [-0.25, -0.2) is 13.2 Å². The van der Waals surface area contributed by atoms with Gasteiger partial charge in [0.1, 0.15) is 9.77 Å². The van der Waals surface area contributed by atoms with Gasteiger partial charge < -0.3 is 9.30 Å². The van der Waals surface area contributed by atoms with Crippen molar-refractivity contribution >= 4 is 33.0 Å². The Kier molecular flexibility index (Phi) is 4.41. The molecule has 0 bridgehead atoms. The maximum atomic E-state index is 12.7. The summed E-state index contributed by atoms with van der Waals surface area (Å²) in [7, 11) is -2.71. The average molecular weight is 362 g/mol. The Hall–Kier alpha value is -2.58. The van der Waals surface area contributed by atoms with E-state index in [2.05, 4.69) is 9.46 Å². The van der Waals surface area contributed by atoms with E-state index in [1.807, 2.05) is 30.6 Å². The van der Waals surface area contributed by atoms with E-state index in [1.54, 1.807) is 28.1 Å². The smallest absolute Gasteiger partial charge is 0.349 e. The molecule has 0 amide bonds. The lowest BCUT2D eigenvalue weighted by atomic mass is 10.3. The number of nitrogens with one attached hydrogen (secondary N) is 1. The summed E-state index contributed by atoms with van der Waals surface area (Å²) in [5.74, 6) is -0.677. The molecule has 2 heterocycles. The minimum absolute atomic E-state index is 0.0449. The van der Waals surface area contributed by atoms with Crippen molar-refractivity contribution in [1.82, 2.24) is 4.57 Å². The van der Waals surface area contributed by atoms with E-state index in [0.717, 1.165) is 11.3 Å². The number of hydrogen-bond acceptors (Lipinski definition) is 5. The van der Waals surface area contributed by atoms with Gasteiger partial charge in [0.2, 0.25) is 0 Å². The van der Waals surface area contributed by atoms with Crippen molar-refractivity contribution in [1.29, 1.82) is 0 Å². The Morgan fingerprint density at radius 3 is 2.54 bits per heavy atom. The molecule has 0 fully saturated rings. The van der Waals surface area contributed by atoms with E-state index in [-0.39, 0.29) is 9.77 Å². The van der Waals surface area contributed by atoms with Gasteiger partial charge in [0.25, 0.3) is 10.0 Å². The lowest BCUT2D eigenvalue weighted by molar-refractivity contribution is 0.0602. The summed E-state index contributed by atoms with van der Waals surface area (Å²) in [5, 5.41) is 1.54. The monoisotopic (exact) mass is 362 g/mol. The van der Waals surface area contributed by atoms with Crippen molar-refractivity contribution < 1.29 is 17.9 Å². The van der Waals surface area contributed by atoms with E-state index in [1.165, 1.54) is 13.2 Å². The normalized spacial score (nSPS) is 11.2. The first-order valence-electron chi connectivity index (χ1n) is 6.94. The minimum Gasteiger partial charge on any atom is -0.465 e. The fourth-order valence-electron chi connectivity index (χ4n) is 2.23. The van der Waals surface area contributed by atoms with Crippen molar-refractivity contribution in [2.24, 2.45) is 0 Å². The standard InChI is InChI=1S/C16H14N2O4S2/c1-22-16(19)15-14(8-11-23-15)24(20,21)17-12-6-2-3-7-13(12)18-9-4-5-10-18/h2-11,17H,1H3. The number of sulfonamides is 1. The van der Waals surface area contributed by atoms with Crippen LogP contribution in [0.4, 0.5) is 5.69 Å². The SMILES string of the molecule is COC(=O)c1sccc1S(=O)(=O)Nc1ccccc1-n1cccc1. The summed E-state index contributed by atoms with van der Waals surface area (Å²) < 4.78 is 34.4.